The first-order valence-electron chi connectivity index (χ1n) is 12.3. The van der Waals surface area contributed by atoms with Gasteiger partial charge >= 0.3 is 5.97 Å². The number of ether oxygens (including phenoxy) is 2. The van der Waals surface area contributed by atoms with Crippen molar-refractivity contribution in [3.63, 3.8) is 0 Å². The Balaban J connectivity index is 1.56. The number of aromatic nitrogens is 4. The molecule has 16 heteroatoms. The molecule has 1 fully saturated rings. The van der Waals surface area contributed by atoms with Crippen LogP contribution in [0.15, 0.2) is 41.6 Å². The van der Waals surface area contributed by atoms with Gasteiger partial charge in [0.05, 0.1) is 25.5 Å². The molecule has 0 radical (unpaired) electrons. The average molecular weight is 614 g/mol. The molecule has 3 heterocycles. The van der Waals surface area contributed by atoms with Crippen LogP contribution in [0.5, 0.6) is 0 Å². The first-order valence-corrected chi connectivity index (χ1v) is 16.2. The number of fused-ring (bicyclic) bond motifs is 1. The fraction of sp³-hybridized carbons (Fsp3) is 0.500. The van der Waals surface area contributed by atoms with Crippen molar-refractivity contribution in [1.82, 2.24) is 24.6 Å². The van der Waals surface area contributed by atoms with Gasteiger partial charge in [0.2, 0.25) is 5.95 Å². The lowest BCUT2D eigenvalue weighted by Crippen LogP contribution is -2.41. The van der Waals surface area contributed by atoms with Crippen molar-refractivity contribution < 1.29 is 28.3 Å². The fourth-order valence-corrected chi connectivity index (χ4v) is 8.77. The number of aliphatic hydroxyl groups is 1. The van der Waals surface area contributed by atoms with Gasteiger partial charge in [-0.25, -0.2) is 9.37 Å². The van der Waals surface area contributed by atoms with Crippen LogP contribution in [0.1, 0.15) is 20.1 Å². The summed E-state index contributed by atoms with van der Waals surface area (Å²) in [5.74, 6) is -0.0524. The Labute approximate surface area is 240 Å². The smallest absolute Gasteiger partial charge is 0.322 e. The quantitative estimate of drug-likeness (QED) is 0.165. The first kappa shape index (κ1) is 30.6. The van der Waals surface area contributed by atoms with Crippen molar-refractivity contribution in [3.05, 3.63) is 36.7 Å². The molecule has 2 aromatic heterocycles. The Morgan fingerprint density at radius 1 is 1.40 bits per heavy atom. The lowest BCUT2D eigenvalue weighted by Gasteiger charge is -2.28. The number of alkyl halides is 1. The number of anilines is 2. The average Bonchev–Trinajstić information content (AvgIpc) is 3.43. The highest BCUT2D eigenvalue weighted by atomic mass is 32.5. The number of nitrogens with two attached hydrogens (primary N) is 1. The van der Waals surface area contributed by atoms with Crippen molar-refractivity contribution in [2.75, 3.05) is 43.9 Å². The van der Waals surface area contributed by atoms with Gasteiger partial charge in [-0.3, -0.25) is 14.4 Å². The fourth-order valence-electron chi connectivity index (χ4n) is 4.26. The zero-order valence-corrected chi connectivity index (χ0v) is 25.3. The van der Waals surface area contributed by atoms with Gasteiger partial charge in [-0.15, -0.1) is 11.8 Å². The highest BCUT2D eigenvalue weighted by Crippen LogP contribution is 2.50. The number of hydrogen-bond donors (Lipinski definition) is 3. The molecular formula is C24H33FN7O5PS2. The maximum Gasteiger partial charge on any atom is 0.322 e. The maximum atomic E-state index is 16.1. The molecule has 0 saturated carbocycles. The Hall–Kier alpha value is -2.39. The van der Waals surface area contributed by atoms with Crippen molar-refractivity contribution in [3.8, 4) is 0 Å². The normalized spacial score (nSPS) is 25.0. The van der Waals surface area contributed by atoms with E-state index in [1.165, 1.54) is 36.7 Å². The Kier molecular flexibility index (Phi) is 9.35. The third-order valence-electron chi connectivity index (χ3n) is 6.35. The van der Waals surface area contributed by atoms with Gasteiger partial charge in [-0.05, 0) is 37.8 Å². The molecule has 4 rings (SSSR count). The zero-order chi connectivity index (χ0) is 29.2. The zero-order valence-electron chi connectivity index (χ0n) is 22.7. The second kappa shape index (κ2) is 12.2. The third kappa shape index (κ3) is 6.40. The number of halogens is 1. The minimum atomic E-state index is -2.90. The van der Waals surface area contributed by atoms with Crippen LogP contribution in [0.4, 0.5) is 16.2 Å². The maximum absolute atomic E-state index is 16.1. The number of carbonyl (C=O) groups excluding carboxylic acids is 1. The van der Waals surface area contributed by atoms with Crippen LogP contribution in [0.25, 0.3) is 11.2 Å². The van der Waals surface area contributed by atoms with Gasteiger partial charge < -0.3 is 29.7 Å². The molecule has 3 aromatic rings. The number of thioether (sulfide) groups is 1. The monoisotopic (exact) mass is 613 g/mol. The van der Waals surface area contributed by atoms with Gasteiger partial charge in [0.15, 0.2) is 28.9 Å². The van der Waals surface area contributed by atoms with Gasteiger partial charge in [0.25, 0.3) is 0 Å². The number of nitrogens with zero attached hydrogens (tertiary/aromatic N) is 5. The van der Waals surface area contributed by atoms with E-state index >= 15 is 4.39 Å². The number of esters is 1. The number of aliphatic hydroxyl groups excluding tert-OH is 1. The standard InChI is InChI=1S/C24H33FN7O5PS2/c1-14(21(34)35-5)30-38(39,13-40-15-9-7-6-8-10-15)36-11-16-18(33)24(2,25)22(37-16)32-12-27-17-19(31(3)4)28-23(26)29-20(17)32/h6-10,12,14,16,18,22,33H,11,13H2,1-5H3,(H,30,39)(H2,26,28,29)/t14-,16+,18+,22+,24+,38?/m0/s1. The number of methoxy groups -OCH3 is 1. The summed E-state index contributed by atoms with van der Waals surface area (Å²) < 4.78 is 34.4. The van der Waals surface area contributed by atoms with E-state index in [1.807, 2.05) is 30.3 Å². The summed E-state index contributed by atoms with van der Waals surface area (Å²) in [7, 11) is 4.84. The summed E-state index contributed by atoms with van der Waals surface area (Å²) in [6.45, 7) is 2.64. The van der Waals surface area contributed by atoms with Crippen LogP contribution >= 0.6 is 18.2 Å². The molecule has 4 N–H and O–H groups in total. The minimum absolute atomic E-state index is 0.0145. The molecule has 1 unspecified atom stereocenters. The summed E-state index contributed by atoms with van der Waals surface area (Å²) in [6.07, 6.45) is -5.45. The van der Waals surface area contributed by atoms with Gasteiger partial charge in [0.1, 0.15) is 24.7 Å². The van der Waals surface area contributed by atoms with Crippen molar-refractivity contribution in [2.24, 2.45) is 0 Å². The third-order valence-corrected chi connectivity index (χ3v) is 11.8. The van der Waals surface area contributed by atoms with Crippen LogP contribution in [0.2, 0.25) is 0 Å². The number of nitrogen functional groups attached to an aromatic ring is 1. The molecule has 1 saturated heterocycles. The number of carbonyl (C=O) groups is 1. The van der Waals surface area contributed by atoms with Crippen molar-refractivity contribution >= 4 is 58.9 Å². The summed E-state index contributed by atoms with van der Waals surface area (Å²) in [5.41, 5.74) is 4.65. The highest BCUT2D eigenvalue weighted by molar-refractivity contribution is 8.19. The number of nitrogens with one attached hydrogen (secondary N) is 1. The number of hydrogen-bond acceptors (Lipinski definition) is 12. The van der Waals surface area contributed by atoms with E-state index in [4.69, 9.17) is 31.5 Å². The second-order valence-corrected chi connectivity index (χ2v) is 15.1. The number of rotatable bonds is 11. The summed E-state index contributed by atoms with van der Waals surface area (Å²) >= 11 is 7.33. The van der Waals surface area contributed by atoms with E-state index < -0.39 is 42.5 Å². The Morgan fingerprint density at radius 2 is 2.10 bits per heavy atom. The predicted molar refractivity (Wildman–Crippen MR) is 156 cm³/mol. The molecule has 218 valence electrons. The molecule has 0 aliphatic carbocycles. The molecule has 0 amide bonds. The van der Waals surface area contributed by atoms with Crippen LogP contribution < -0.4 is 15.7 Å². The van der Waals surface area contributed by atoms with Crippen molar-refractivity contribution in [2.45, 2.75) is 48.9 Å². The van der Waals surface area contributed by atoms with E-state index in [9.17, 15) is 9.90 Å². The van der Waals surface area contributed by atoms with Gasteiger partial charge in [-0.2, -0.15) is 9.97 Å². The second-order valence-electron chi connectivity index (χ2n) is 9.68. The molecule has 1 aliphatic heterocycles. The van der Waals surface area contributed by atoms with Crippen LogP contribution in [0, 0.1) is 0 Å². The Bertz CT molecular complexity index is 1400. The Morgan fingerprint density at radius 3 is 2.75 bits per heavy atom. The molecule has 1 aromatic carbocycles. The topological polar surface area (TPSA) is 150 Å². The largest absolute Gasteiger partial charge is 0.468 e. The number of imidazole rings is 1. The van der Waals surface area contributed by atoms with Crippen molar-refractivity contribution in [1.29, 1.82) is 0 Å². The van der Waals surface area contributed by atoms with Gasteiger partial charge in [0, 0.05) is 19.0 Å². The van der Waals surface area contributed by atoms with E-state index in [2.05, 4.69) is 20.0 Å². The lowest BCUT2D eigenvalue weighted by molar-refractivity contribution is -0.142. The van der Waals surface area contributed by atoms with E-state index in [0.29, 0.717) is 16.8 Å². The highest BCUT2D eigenvalue weighted by Gasteiger charge is 2.55. The molecule has 0 spiro atoms. The minimum Gasteiger partial charge on any atom is -0.468 e. The van der Waals surface area contributed by atoms with Gasteiger partial charge in [-0.1, -0.05) is 18.2 Å². The SMILES string of the molecule is COC(=O)[C@H](C)NP(=S)(CSc1ccccc1)OC[C@H]1O[C@@H](n2cnc3c(N(C)C)nc(N)nc32)[C@](C)(F)[C@@H]1O. The van der Waals surface area contributed by atoms with E-state index in [1.54, 1.807) is 25.9 Å². The molecule has 1 aliphatic rings. The van der Waals surface area contributed by atoms with E-state index in [-0.39, 0.29) is 18.2 Å². The lowest BCUT2D eigenvalue weighted by atomic mass is 9.98. The van der Waals surface area contributed by atoms with Crippen LogP contribution in [-0.4, -0.2) is 87.8 Å². The molecule has 40 heavy (non-hydrogen) atoms. The summed E-state index contributed by atoms with van der Waals surface area (Å²) in [4.78, 5) is 27.6. The van der Waals surface area contributed by atoms with E-state index in [0.717, 1.165) is 4.90 Å². The molecule has 12 nitrogen and oxygen atoms in total. The molecular weight excluding hydrogens is 580 g/mol. The molecule has 0 bridgehead atoms. The summed E-state index contributed by atoms with van der Waals surface area (Å²) in [6, 6.07) is 8.84. The van der Waals surface area contributed by atoms with Crippen LogP contribution in [-0.2, 0) is 30.6 Å². The van der Waals surface area contributed by atoms with Crippen LogP contribution in [0.3, 0.4) is 0 Å². The summed E-state index contributed by atoms with van der Waals surface area (Å²) in [5, 5.41) is 14.1. The first-order chi connectivity index (χ1) is 18.9. The predicted octanol–water partition coefficient (Wildman–Crippen LogP) is 2.69. The molecule has 6 atom stereocenters. The number of benzene rings is 1.